The van der Waals surface area contributed by atoms with Crippen LogP contribution in [-0.4, -0.2) is 80.8 Å². The smallest absolute Gasteiger partial charge is 0.487 e. The van der Waals surface area contributed by atoms with Gasteiger partial charge in [0.05, 0.1) is 30.4 Å². The third-order valence-electron chi connectivity index (χ3n) is 6.62. The number of imidazole rings is 2. The largest absolute Gasteiger partial charge is 1.00 e. The third kappa shape index (κ3) is 20.9. The number of nitrogens with zero attached hydrogens (tertiary/aromatic N) is 10. The van der Waals surface area contributed by atoms with Gasteiger partial charge in [0.15, 0.2) is 32.7 Å². The van der Waals surface area contributed by atoms with Crippen LogP contribution in [0, 0.1) is 33.1 Å². The van der Waals surface area contributed by atoms with E-state index in [4.69, 9.17) is 88.7 Å². The van der Waals surface area contributed by atoms with Crippen molar-refractivity contribution in [1.82, 2.24) is 49.6 Å². The van der Waals surface area contributed by atoms with Crippen molar-refractivity contribution >= 4 is 105 Å². The number of carbonyl (C=O) groups is 2. The van der Waals surface area contributed by atoms with Crippen LogP contribution in [0.1, 0.15) is 54.4 Å². The molecule has 6 heterocycles. The molecule has 0 saturated carbocycles. The van der Waals surface area contributed by atoms with E-state index in [0.29, 0.717) is 32.2 Å². The quantitative estimate of drug-likeness (QED) is 0.0826. The molecule has 0 fully saturated rings. The van der Waals surface area contributed by atoms with Crippen molar-refractivity contribution in [1.29, 1.82) is 0 Å². The fourth-order valence-electron chi connectivity index (χ4n) is 3.84. The Hall–Kier alpha value is -4.14. The maximum absolute atomic E-state index is 10.4. The molecule has 0 atom stereocenters. The zero-order valence-electron chi connectivity index (χ0n) is 33.5. The maximum atomic E-state index is 10.4. The van der Waals surface area contributed by atoms with Gasteiger partial charge in [-0.3, -0.25) is 4.79 Å². The van der Waals surface area contributed by atoms with Gasteiger partial charge in [0.2, 0.25) is 0 Å². The van der Waals surface area contributed by atoms with Gasteiger partial charge in [0.25, 0.3) is 0 Å². The Kier molecular flexibility index (Phi) is 30.6. The van der Waals surface area contributed by atoms with Gasteiger partial charge in [0.1, 0.15) is 16.8 Å². The molecule has 0 bridgehead atoms. The minimum Gasteiger partial charge on any atom is -0.487 e. The number of anilines is 2. The molecule has 0 unspecified atom stereocenters. The van der Waals surface area contributed by atoms with Gasteiger partial charge in [-0.1, -0.05) is 60.3 Å². The summed E-state index contributed by atoms with van der Waals surface area (Å²) in [5.74, 6) is 0.0606. The first-order chi connectivity index (χ1) is 27.9. The van der Waals surface area contributed by atoms with E-state index in [1.807, 2.05) is 52.2 Å². The van der Waals surface area contributed by atoms with Crippen LogP contribution in [-0.2, 0) is 46.3 Å². The van der Waals surface area contributed by atoms with Crippen molar-refractivity contribution in [2.24, 2.45) is 0 Å². The van der Waals surface area contributed by atoms with Crippen molar-refractivity contribution in [2.45, 2.75) is 61.3 Å². The number of esters is 1. The minimum absolute atomic E-state index is 0. The molecule has 6 aromatic heterocycles. The SMILES string of the molecule is CCOC(=O)[C-](Cl)C=O.CCc1cnc2c(C)cc(Cl)nn12.CCc1cnc2cc(C)c(Cl)nn12.Cc1cc(Cl)nnc1N.Cc1cc(N)nnc1Cl.O=C=O.O=C=O.[K+]. The maximum Gasteiger partial charge on any atom is 1.00 e. The molecular weight excluding hydrogens is 917 g/mol. The molecule has 6 aromatic rings. The average molecular weight is 955 g/mol. The van der Waals surface area contributed by atoms with E-state index in [1.165, 1.54) is 0 Å². The third-order valence-corrected chi connectivity index (χ3v) is 7.98. The average Bonchev–Trinajstić information content (AvgIpc) is 3.80. The number of hydrogen-bond acceptors (Lipinski definition) is 17. The monoisotopic (exact) mass is 952 g/mol. The van der Waals surface area contributed by atoms with E-state index in [1.54, 1.807) is 28.1 Å². The number of rotatable bonds is 5. The number of aromatic nitrogens is 10. The van der Waals surface area contributed by atoms with Gasteiger partial charge in [-0.05, 0) is 94.0 Å². The first-order valence-electron chi connectivity index (χ1n) is 16.5. The summed E-state index contributed by atoms with van der Waals surface area (Å²) < 4.78 is 7.95. The van der Waals surface area contributed by atoms with E-state index < -0.39 is 11.3 Å². The molecule has 0 saturated heterocycles. The molecule has 4 N–H and O–H groups in total. The summed E-state index contributed by atoms with van der Waals surface area (Å²) in [6, 6.07) is 7.11. The van der Waals surface area contributed by atoms with Crippen molar-refractivity contribution in [3.8, 4) is 0 Å². The van der Waals surface area contributed by atoms with Crippen molar-refractivity contribution in [2.75, 3.05) is 18.1 Å². The number of aldehydes is 1. The normalized spacial score (nSPS) is 9.13. The van der Waals surface area contributed by atoms with Crippen LogP contribution >= 0.6 is 58.0 Å². The molecule has 0 radical (unpaired) electrons. The van der Waals surface area contributed by atoms with Crippen LogP contribution in [0.5, 0.6) is 0 Å². The van der Waals surface area contributed by atoms with E-state index in [-0.39, 0.29) is 76.6 Å². The predicted octanol–water partition coefficient (Wildman–Crippen LogP) is 2.90. The summed E-state index contributed by atoms with van der Waals surface area (Å²) in [5, 5.41) is 24.0. The van der Waals surface area contributed by atoms with Crippen molar-refractivity contribution in [3.05, 3.63) is 96.3 Å². The molecule has 6 rings (SSSR count). The fraction of sp³-hybridized carbons (Fsp3) is 0.286. The molecule has 25 heteroatoms. The zero-order valence-corrected chi connectivity index (χ0v) is 40.4. The van der Waals surface area contributed by atoms with Crippen LogP contribution in [0.4, 0.5) is 11.6 Å². The Bertz CT molecular complexity index is 2280. The Morgan fingerprint density at radius 1 is 0.733 bits per heavy atom. The number of fused-ring (bicyclic) bond motifs is 2. The topological polar surface area (TPSA) is 276 Å². The predicted molar refractivity (Wildman–Crippen MR) is 218 cm³/mol. The molecular formula is C35H38Cl5KN12O7. The van der Waals surface area contributed by atoms with Crippen LogP contribution in [0.15, 0.2) is 36.7 Å². The number of aryl methyl sites for hydroxylation is 6. The van der Waals surface area contributed by atoms with E-state index in [9.17, 15) is 9.59 Å². The first-order valence-corrected chi connectivity index (χ1v) is 18.4. The molecule has 19 nitrogen and oxygen atoms in total. The van der Waals surface area contributed by atoms with Crippen molar-refractivity contribution < 1.29 is 84.9 Å². The first kappa shape index (κ1) is 57.9. The van der Waals surface area contributed by atoms with Gasteiger partial charge < -0.3 is 32.6 Å². The van der Waals surface area contributed by atoms with Gasteiger partial charge in [0, 0.05) is 6.29 Å². The summed E-state index contributed by atoms with van der Waals surface area (Å²) in [5.41, 5.74) is 18.3. The minimum atomic E-state index is -0.769. The number of nitrogen functional groups attached to an aromatic ring is 2. The fourth-order valence-corrected chi connectivity index (χ4v) is 4.56. The van der Waals surface area contributed by atoms with Crippen molar-refractivity contribution in [3.63, 3.8) is 0 Å². The van der Waals surface area contributed by atoms with E-state index in [0.717, 1.165) is 57.8 Å². The number of ether oxygens (including phenoxy) is 1. The summed E-state index contributed by atoms with van der Waals surface area (Å²) in [6.45, 7) is 13.6. The van der Waals surface area contributed by atoms with Crippen LogP contribution in [0.25, 0.3) is 11.3 Å². The summed E-state index contributed by atoms with van der Waals surface area (Å²) in [4.78, 5) is 61.1. The van der Waals surface area contributed by atoms with Gasteiger partial charge in [-0.2, -0.15) is 29.4 Å². The van der Waals surface area contributed by atoms with E-state index in [2.05, 4.69) is 59.1 Å². The molecule has 0 aliphatic rings. The number of halogens is 5. The molecule has 0 spiro atoms. The Balaban J connectivity index is 0. The Labute approximate surface area is 411 Å². The molecule has 60 heavy (non-hydrogen) atoms. The van der Waals surface area contributed by atoms with Crippen LogP contribution in [0.2, 0.25) is 20.6 Å². The summed E-state index contributed by atoms with van der Waals surface area (Å²) in [7, 11) is 0. The Morgan fingerprint density at radius 2 is 1.27 bits per heavy atom. The summed E-state index contributed by atoms with van der Waals surface area (Å²) >= 11 is 27.9. The standard InChI is InChI=1S/2C9H10ClN3.2C5H6ClN3.C5H6ClO3.2CO2.K/c1-3-7-5-11-8-4-6(2)9(10)12-13(7)8;1-3-7-5-11-9-6(2)4-8(10)12-13(7)9;1-3-2-4(7)8-9-5(3)6;1-3-2-4(6)8-9-5(3)7;1-2-9-5(8)4(6)3-7;2*2-1-3;/h2*4-5H,3H2,1-2H3;2H,1H3,(H2,7,8);2H,1H3,(H2,7,9);3H,2H2,1H3;;;/q;;;;-1;;;+1. The van der Waals surface area contributed by atoms with Crippen LogP contribution in [0.3, 0.4) is 0 Å². The zero-order chi connectivity index (χ0) is 45.2. The van der Waals surface area contributed by atoms with Gasteiger partial charge >= 0.3 is 63.7 Å². The molecule has 0 amide bonds. The molecule has 316 valence electrons. The van der Waals surface area contributed by atoms with Gasteiger partial charge in [-0.15, -0.1) is 25.8 Å². The van der Waals surface area contributed by atoms with E-state index >= 15 is 0 Å². The van der Waals surface area contributed by atoms with Crippen LogP contribution < -0.4 is 62.9 Å². The van der Waals surface area contributed by atoms with Gasteiger partial charge in [-0.25, -0.2) is 19.0 Å². The number of carbonyl (C=O) groups excluding carboxylic acids is 6. The molecule has 0 aliphatic carbocycles. The second kappa shape index (κ2) is 31.7. The second-order valence-corrected chi connectivity index (χ2v) is 12.7. The molecule has 0 aliphatic heterocycles. The Morgan fingerprint density at radius 3 is 1.75 bits per heavy atom. The summed E-state index contributed by atoms with van der Waals surface area (Å²) in [6.07, 6.45) is 6.24. The molecule has 0 aromatic carbocycles. The number of hydrogen-bond donors (Lipinski definition) is 2. The number of nitrogens with two attached hydrogens (primary N) is 2. The second-order valence-electron chi connectivity index (χ2n) is 10.8.